The molecule has 0 saturated heterocycles. The molecule has 0 saturated carbocycles. The van der Waals surface area contributed by atoms with Gasteiger partial charge in [0, 0.05) is 0 Å². The zero-order valence-electron chi connectivity index (χ0n) is 7.26. The van der Waals surface area contributed by atoms with Crippen LogP contribution in [0.5, 0.6) is 0 Å². The van der Waals surface area contributed by atoms with Gasteiger partial charge < -0.3 is 0 Å². The van der Waals surface area contributed by atoms with Gasteiger partial charge in [0.25, 0.3) is 0 Å². The van der Waals surface area contributed by atoms with E-state index in [0.717, 1.165) is 12.2 Å². The number of aryl methyl sites for hydroxylation is 2. The molecule has 2 aromatic rings. The van der Waals surface area contributed by atoms with Crippen LogP contribution in [0.2, 0.25) is 0 Å². The minimum absolute atomic E-state index is 0.512. The van der Waals surface area contributed by atoms with Crippen molar-refractivity contribution < 1.29 is 4.42 Å². The molecule has 0 unspecified atom stereocenters. The Morgan fingerprint density at radius 1 is 1.50 bits per heavy atom. The fraction of sp³-hybridized carbons (Fsp3) is 0.300. The average Bonchev–Trinajstić information content (AvgIpc) is 2.50. The van der Waals surface area contributed by atoms with Crippen molar-refractivity contribution in [2.24, 2.45) is 0 Å². The van der Waals surface area contributed by atoms with Crippen LogP contribution in [0.1, 0.15) is 18.4 Å². The third-order valence-electron chi connectivity index (χ3n) is 1.91. The van der Waals surface area contributed by atoms with Gasteiger partial charge in [-0.05, 0) is 0 Å². The molecular weight excluding hydrogens is 215 g/mol. The molecule has 2 heteroatoms. The van der Waals surface area contributed by atoms with Gasteiger partial charge in [0.05, 0.1) is 0 Å². The predicted molar refractivity (Wildman–Crippen MR) is 51.7 cm³/mol. The Morgan fingerprint density at radius 3 is 3.08 bits per heavy atom. The Hall–Kier alpha value is -0.591. The van der Waals surface area contributed by atoms with Crippen molar-refractivity contribution >= 4 is 24.1 Å². The van der Waals surface area contributed by atoms with E-state index in [1.165, 1.54) is 15.4 Å². The quantitative estimate of drug-likeness (QED) is 0.537. The van der Waals surface area contributed by atoms with Gasteiger partial charge in [0.2, 0.25) is 0 Å². The number of rotatable bonds is 1. The van der Waals surface area contributed by atoms with Crippen LogP contribution < -0.4 is 0 Å². The SMILES string of the molecule is CCc1[o+]c(C)cc2cc[se]c12. The molecule has 0 fully saturated rings. The summed E-state index contributed by atoms with van der Waals surface area (Å²) in [5.41, 5.74) is 0. The summed E-state index contributed by atoms with van der Waals surface area (Å²) in [5.74, 6) is 2.20. The molecule has 12 heavy (non-hydrogen) atoms. The van der Waals surface area contributed by atoms with Crippen LogP contribution in [0.15, 0.2) is 21.5 Å². The summed E-state index contributed by atoms with van der Waals surface area (Å²) >= 11 is 0.512. The second kappa shape index (κ2) is 3.04. The van der Waals surface area contributed by atoms with Gasteiger partial charge in [-0.2, -0.15) is 0 Å². The van der Waals surface area contributed by atoms with Gasteiger partial charge in [0.15, 0.2) is 0 Å². The van der Waals surface area contributed by atoms with Crippen LogP contribution in [0.25, 0.3) is 9.65 Å². The summed E-state index contributed by atoms with van der Waals surface area (Å²) < 4.78 is 7.09. The molecule has 0 aliphatic rings. The molecule has 0 aliphatic heterocycles. The van der Waals surface area contributed by atoms with E-state index < -0.39 is 0 Å². The Labute approximate surface area is 77.8 Å². The van der Waals surface area contributed by atoms with Crippen molar-refractivity contribution in [3.8, 4) is 0 Å². The van der Waals surface area contributed by atoms with Crippen LogP contribution in [0, 0.1) is 6.92 Å². The van der Waals surface area contributed by atoms with E-state index in [4.69, 9.17) is 4.42 Å². The molecule has 1 nitrogen and oxygen atoms in total. The van der Waals surface area contributed by atoms with Gasteiger partial charge in [-0.15, -0.1) is 0 Å². The standard InChI is InChI=1S/C10H11OSe/c1-3-9-10-8(4-5-12-10)6-7(2)11-9/h4-6H,3H2,1-2H3/q+1. The van der Waals surface area contributed by atoms with Crippen LogP contribution in [-0.2, 0) is 6.42 Å². The topological polar surface area (TPSA) is 11.3 Å². The Morgan fingerprint density at radius 2 is 2.33 bits per heavy atom. The molecule has 0 N–H and O–H groups in total. The molecule has 0 atom stereocenters. The Bertz CT molecular complexity index is 403. The van der Waals surface area contributed by atoms with E-state index >= 15 is 0 Å². The molecule has 2 aromatic heterocycles. The zero-order valence-corrected chi connectivity index (χ0v) is 8.97. The molecule has 62 valence electrons. The van der Waals surface area contributed by atoms with Gasteiger partial charge in [-0.3, -0.25) is 0 Å². The molecule has 2 rings (SSSR count). The van der Waals surface area contributed by atoms with E-state index in [1.807, 2.05) is 6.92 Å². The maximum atomic E-state index is 5.64. The normalized spacial score (nSPS) is 10.8. The molecular formula is C10H11OSe+. The van der Waals surface area contributed by atoms with Crippen molar-refractivity contribution in [1.29, 1.82) is 0 Å². The van der Waals surface area contributed by atoms with Crippen LogP contribution in [-0.4, -0.2) is 14.5 Å². The summed E-state index contributed by atoms with van der Waals surface area (Å²) in [5, 5.41) is 1.37. The maximum absolute atomic E-state index is 5.64. The molecule has 0 spiro atoms. The zero-order chi connectivity index (χ0) is 8.55. The fourth-order valence-corrected chi connectivity index (χ4v) is 3.34. The van der Waals surface area contributed by atoms with E-state index in [-0.39, 0.29) is 0 Å². The van der Waals surface area contributed by atoms with Crippen LogP contribution in [0.4, 0.5) is 0 Å². The van der Waals surface area contributed by atoms with E-state index in [0.29, 0.717) is 14.5 Å². The van der Waals surface area contributed by atoms with Gasteiger partial charge in [0.1, 0.15) is 0 Å². The minimum atomic E-state index is 0.512. The second-order valence-electron chi connectivity index (χ2n) is 2.84. The number of fused-ring (bicyclic) bond motifs is 1. The van der Waals surface area contributed by atoms with Gasteiger partial charge in [-0.25, -0.2) is 0 Å². The summed E-state index contributed by atoms with van der Waals surface area (Å²) in [6.07, 6.45) is 1.01. The number of hydrogen-bond acceptors (Lipinski definition) is 0. The van der Waals surface area contributed by atoms with Gasteiger partial charge >= 0.3 is 77.4 Å². The average molecular weight is 226 g/mol. The van der Waals surface area contributed by atoms with E-state index in [9.17, 15) is 0 Å². The molecule has 0 radical (unpaired) electrons. The summed E-state index contributed by atoms with van der Waals surface area (Å²) in [7, 11) is 0. The molecule has 0 amide bonds. The second-order valence-corrected chi connectivity index (χ2v) is 4.76. The molecule has 0 aliphatic carbocycles. The molecule has 0 bridgehead atoms. The van der Waals surface area contributed by atoms with Crippen molar-refractivity contribution in [3.05, 3.63) is 28.6 Å². The molecule has 2 heterocycles. The van der Waals surface area contributed by atoms with Gasteiger partial charge in [-0.1, -0.05) is 0 Å². The first kappa shape index (κ1) is 8.03. The van der Waals surface area contributed by atoms with Crippen molar-refractivity contribution in [1.82, 2.24) is 0 Å². The monoisotopic (exact) mass is 227 g/mol. The van der Waals surface area contributed by atoms with Crippen LogP contribution >= 0.6 is 0 Å². The first-order valence-corrected chi connectivity index (χ1v) is 5.95. The van der Waals surface area contributed by atoms with Crippen molar-refractivity contribution in [3.63, 3.8) is 0 Å². The van der Waals surface area contributed by atoms with Crippen LogP contribution in [0.3, 0.4) is 0 Å². The van der Waals surface area contributed by atoms with Crippen molar-refractivity contribution in [2.45, 2.75) is 20.3 Å². The number of hydrogen-bond donors (Lipinski definition) is 0. The fourth-order valence-electron chi connectivity index (χ4n) is 1.38. The first-order chi connectivity index (χ1) is 5.81. The third kappa shape index (κ3) is 1.21. The summed E-state index contributed by atoms with van der Waals surface area (Å²) in [6, 6.07) is 4.33. The third-order valence-corrected chi connectivity index (χ3v) is 3.95. The summed E-state index contributed by atoms with van der Waals surface area (Å²) in [4.78, 5) is 2.26. The molecule has 0 aromatic carbocycles. The Kier molecular flexibility index (Phi) is 2.03. The van der Waals surface area contributed by atoms with E-state index in [1.54, 1.807) is 0 Å². The predicted octanol–water partition coefficient (Wildman–Crippen LogP) is 2.64. The first-order valence-electron chi connectivity index (χ1n) is 4.11. The van der Waals surface area contributed by atoms with E-state index in [2.05, 4.69) is 24.0 Å². The van der Waals surface area contributed by atoms with Crippen molar-refractivity contribution in [2.75, 3.05) is 0 Å². The summed E-state index contributed by atoms with van der Waals surface area (Å²) in [6.45, 7) is 4.16. The Balaban J connectivity index is 2.80.